The zero-order chi connectivity index (χ0) is 28.2. The van der Waals surface area contributed by atoms with E-state index in [0.29, 0.717) is 5.56 Å². The van der Waals surface area contributed by atoms with Gasteiger partial charge in [0.15, 0.2) is 24.5 Å². The molecule has 15 nitrogen and oxygen atoms in total. The monoisotopic (exact) mass is 554 g/mol. The summed E-state index contributed by atoms with van der Waals surface area (Å²) in [5.41, 5.74) is 0.710. The maximum atomic E-state index is 12.1. The van der Waals surface area contributed by atoms with Crippen LogP contribution in [-0.2, 0) is 52.9 Å². The molecule has 16 heteroatoms. The summed E-state index contributed by atoms with van der Waals surface area (Å²) in [6, 6.07) is 5.44. The van der Waals surface area contributed by atoms with Crippen LogP contribution in [0.4, 0.5) is 0 Å². The number of ether oxygens (including phenoxy) is 5. The summed E-state index contributed by atoms with van der Waals surface area (Å²) in [4.78, 5) is 47.3. The van der Waals surface area contributed by atoms with Gasteiger partial charge in [-0.1, -0.05) is 17.3 Å². The molecule has 0 bridgehead atoms. The van der Waals surface area contributed by atoms with Crippen molar-refractivity contribution in [1.29, 1.82) is 0 Å². The summed E-state index contributed by atoms with van der Waals surface area (Å²) < 4.78 is 51.9. The maximum absolute atomic E-state index is 12.1. The van der Waals surface area contributed by atoms with Crippen molar-refractivity contribution in [3.8, 4) is 11.3 Å². The van der Waals surface area contributed by atoms with Crippen LogP contribution in [0.1, 0.15) is 33.9 Å². The van der Waals surface area contributed by atoms with Gasteiger partial charge < -0.3 is 23.7 Å². The van der Waals surface area contributed by atoms with E-state index in [-0.39, 0.29) is 10.6 Å². The van der Waals surface area contributed by atoms with Crippen LogP contribution in [0.2, 0.25) is 0 Å². The molecule has 2 N–H and O–H groups in total. The molecule has 1 aromatic carbocycles. The first-order chi connectivity index (χ1) is 17.8. The summed E-state index contributed by atoms with van der Waals surface area (Å²) in [7, 11) is -3.95. The quantitative estimate of drug-likeness (QED) is 0.333. The Kier molecular flexibility index (Phi) is 8.80. The van der Waals surface area contributed by atoms with Crippen molar-refractivity contribution in [3.05, 3.63) is 30.5 Å². The highest BCUT2D eigenvalue weighted by atomic mass is 32.2. The number of esters is 4. The SMILES string of the molecule is CC(=O)OC[C@H]1O[C@@H](n2nncc2-c2ccc(S(N)(=O)=O)cc2)[C@H](OC(C)=O)[C@@H](OC(C)=O)[C@H]1OC(C)=O. The standard InChI is InChI=1S/C22H26N4O11S/c1-11(27)33-10-18-19(34-12(2)28)20(35-13(3)29)21(36-14(4)30)22(37-18)26-17(9-24-25-26)15-5-7-16(8-6-15)38(23,31)32/h5-9,18-22H,10H2,1-4H3,(H2,23,31,32)/t18-,19+,20+,21-,22-/m1/s1. The van der Waals surface area contributed by atoms with E-state index in [1.165, 1.54) is 35.1 Å². The van der Waals surface area contributed by atoms with Crippen molar-refractivity contribution in [3.63, 3.8) is 0 Å². The Labute approximate surface area is 217 Å². The number of sulfonamides is 1. The fourth-order valence-corrected chi connectivity index (χ4v) is 4.37. The van der Waals surface area contributed by atoms with E-state index in [2.05, 4.69) is 10.3 Å². The molecule has 1 fully saturated rings. The number of hydrogen-bond acceptors (Lipinski definition) is 13. The number of carbonyl (C=O) groups is 4. The number of benzene rings is 1. The van der Waals surface area contributed by atoms with E-state index in [1.807, 2.05) is 0 Å². The van der Waals surface area contributed by atoms with Crippen molar-refractivity contribution < 1.29 is 51.3 Å². The van der Waals surface area contributed by atoms with E-state index in [0.717, 1.165) is 27.7 Å². The summed E-state index contributed by atoms with van der Waals surface area (Å²) >= 11 is 0. The first-order valence-electron chi connectivity index (χ1n) is 11.1. The van der Waals surface area contributed by atoms with E-state index < -0.39 is 71.2 Å². The van der Waals surface area contributed by atoms with Gasteiger partial charge in [0, 0.05) is 33.3 Å². The van der Waals surface area contributed by atoms with Crippen LogP contribution in [-0.4, -0.2) is 78.3 Å². The van der Waals surface area contributed by atoms with Gasteiger partial charge in [0.05, 0.1) is 16.8 Å². The van der Waals surface area contributed by atoms with E-state index in [9.17, 15) is 27.6 Å². The van der Waals surface area contributed by atoms with Crippen molar-refractivity contribution in [1.82, 2.24) is 15.0 Å². The number of nitrogens with two attached hydrogens (primary N) is 1. The van der Waals surface area contributed by atoms with Crippen LogP contribution in [0.3, 0.4) is 0 Å². The number of primary sulfonamides is 1. The molecule has 5 atom stereocenters. The lowest BCUT2D eigenvalue weighted by atomic mass is 9.97. The highest BCUT2D eigenvalue weighted by molar-refractivity contribution is 7.89. The lowest BCUT2D eigenvalue weighted by Gasteiger charge is -2.44. The largest absolute Gasteiger partial charge is 0.463 e. The molecule has 1 aliphatic rings. The van der Waals surface area contributed by atoms with Gasteiger partial charge >= 0.3 is 23.9 Å². The molecule has 2 aromatic rings. The minimum absolute atomic E-state index is 0.132. The molecule has 2 heterocycles. The molecule has 0 unspecified atom stereocenters. The second-order valence-corrected chi connectivity index (χ2v) is 9.78. The topological polar surface area (TPSA) is 205 Å². The second kappa shape index (κ2) is 11.7. The number of hydrogen-bond donors (Lipinski definition) is 1. The normalized spacial score (nSPS) is 23.2. The highest BCUT2D eigenvalue weighted by Gasteiger charge is 2.53. The lowest BCUT2D eigenvalue weighted by molar-refractivity contribution is -0.270. The van der Waals surface area contributed by atoms with Crippen molar-refractivity contribution >= 4 is 33.9 Å². The van der Waals surface area contributed by atoms with Gasteiger partial charge in [-0.2, -0.15) is 0 Å². The Morgan fingerprint density at radius 2 is 1.45 bits per heavy atom. The van der Waals surface area contributed by atoms with Crippen molar-refractivity contribution in [2.24, 2.45) is 5.14 Å². The molecule has 38 heavy (non-hydrogen) atoms. The highest BCUT2D eigenvalue weighted by Crippen LogP contribution is 2.36. The maximum Gasteiger partial charge on any atom is 0.303 e. The average Bonchev–Trinajstić information content (AvgIpc) is 3.29. The Morgan fingerprint density at radius 3 is 1.97 bits per heavy atom. The third-order valence-electron chi connectivity index (χ3n) is 5.26. The molecule has 0 radical (unpaired) electrons. The Balaban J connectivity index is 2.12. The van der Waals surface area contributed by atoms with Gasteiger partial charge in [-0.3, -0.25) is 19.2 Å². The fourth-order valence-electron chi connectivity index (χ4n) is 3.86. The molecular weight excluding hydrogens is 528 g/mol. The number of aromatic nitrogens is 3. The number of carbonyl (C=O) groups excluding carboxylic acids is 4. The van der Waals surface area contributed by atoms with Crippen LogP contribution in [0, 0.1) is 0 Å². The summed E-state index contributed by atoms with van der Waals surface area (Å²) in [5.74, 6) is -2.98. The van der Waals surface area contributed by atoms with Gasteiger partial charge in [0.2, 0.25) is 10.0 Å². The minimum Gasteiger partial charge on any atom is -0.463 e. The van der Waals surface area contributed by atoms with Crippen LogP contribution < -0.4 is 5.14 Å². The third-order valence-corrected chi connectivity index (χ3v) is 6.19. The Hall–Kier alpha value is -3.89. The molecule has 206 valence electrons. The molecule has 1 aliphatic heterocycles. The van der Waals surface area contributed by atoms with Crippen LogP contribution in [0.25, 0.3) is 11.3 Å². The molecular formula is C22H26N4O11S. The van der Waals surface area contributed by atoms with Crippen LogP contribution >= 0.6 is 0 Å². The first-order valence-corrected chi connectivity index (χ1v) is 12.7. The molecule has 0 aliphatic carbocycles. The van der Waals surface area contributed by atoms with Crippen molar-refractivity contribution in [2.75, 3.05) is 6.61 Å². The second-order valence-electron chi connectivity index (χ2n) is 8.22. The summed E-state index contributed by atoms with van der Waals surface area (Å²) in [6.45, 7) is 4.08. The van der Waals surface area contributed by atoms with E-state index in [4.69, 9.17) is 28.8 Å². The predicted molar refractivity (Wildman–Crippen MR) is 124 cm³/mol. The predicted octanol–water partition coefficient (Wildman–Crippen LogP) is -0.152. The van der Waals surface area contributed by atoms with Gasteiger partial charge in [0.25, 0.3) is 0 Å². The average molecular weight is 555 g/mol. The zero-order valence-corrected chi connectivity index (χ0v) is 21.6. The molecule has 0 spiro atoms. The van der Waals surface area contributed by atoms with E-state index in [1.54, 1.807) is 0 Å². The Bertz CT molecular complexity index is 1310. The molecule has 3 rings (SSSR count). The molecule has 0 saturated carbocycles. The molecule has 0 amide bonds. The zero-order valence-electron chi connectivity index (χ0n) is 20.8. The van der Waals surface area contributed by atoms with Crippen LogP contribution in [0.15, 0.2) is 35.4 Å². The number of rotatable bonds is 8. The minimum atomic E-state index is -3.95. The molecule has 1 saturated heterocycles. The van der Waals surface area contributed by atoms with E-state index >= 15 is 0 Å². The summed E-state index contributed by atoms with van der Waals surface area (Å²) in [5, 5.41) is 13.1. The number of nitrogens with zero attached hydrogens (tertiary/aromatic N) is 3. The van der Waals surface area contributed by atoms with Gasteiger partial charge in [-0.25, -0.2) is 18.2 Å². The van der Waals surface area contributed by atoms with Gasteiger partial charge in [-0.15, -0.1) is 5.10 Å². The first kappa shape index (κ1) is 28.7. The fraction of sp³-hybridized carbons (Fsp3) is 0.455. The van der Waals surface area contributed by atoms with Crippen LogP contribution in [0.5, 0.6) is 0 Å². The third kappa shape index (κ3) is 6.90. The Morgan fingerprint density at radius 1 is 0.895 bits per heavy atom. The van der Waals surface area contributed by atoms with Crippen molar-refractivity contribution in [2.45, 2.75) is 63.2 Å². The lowest BCUT2D eigenvalue weighted by Crippen LogP contribution is -2.60. The summed E-state index contributed by atoms with van der Waals surface area (Å²) in [6.07, 6.45) is -5.32. The smallest absolute Gasteiger partial charge is 0.303 e. The molecule has 1 aromatic heterocycles. The van der Waals surface area contributed by atoms with Gasteiger partial charge in [0.1, 0.15) is 12.7 Å². The van der Waals surface area contributed by atoms with Gasteiger partial charge in [-0.05, 0) is 12.1 Å².